The van der Waals surface area contributed by atoms with Crippen molar-refractivity contribution in [2.24, 2.45) is 0 Å². The first-order chi connectivity index (χ1) is 18.9. The normalized spacial score (nSPS) is 12.3. The topological polar surface area (TPSA) is 96.0 Å². The van der Waals surface area contributed by atoms with Gasteiger partial charge in [-0.05, 0) is 81.3 Å². The Balaban J connectivity index is 2.05. The van der Waals surface area contributed by atoms with E-state index in [1.54, 1.807) is 55.6 Å². The molecule has 0 bridgehead atoms. The quantitative estimate of drug-likeness (QED) is 0.331. The van der Waals surface area contributed by atoms with E-state index in [4.69, 9.17) is 16.3 Å². The fourth-order valence-electron chi connectivity index (χ4n) is 4.20. The van der Waals surface area contributed by atoms with Crippen LogP contribution in [-0.2, 0) is 26.2 Å². The summed E-state index contributed by atoms with van der Waals surface area (Å²) in [6, 6.07) is 20.5. The van der Waals surface area contributed by atoms with E-state index in [1.807, 2.05) is 33.8 Å². The Hall–Kier alpha value is -3.56. The molecule has 0 aliphatic carbocycles. The van der Waals surface area contributed by atoms with Crippen molar-refractivity contribution >= 4 is 39.1 Å². The average Bonchev–Trinajstić information content (AvgIpc) is 2.91. The molecule has 0 fully saturated rings. The molecule has 10 heteroatoms. The van der Waals surface area contributed by atoms with Crippen LogP contribution in [0.15, 0.2) is 83.8 Å². The predicted octanol–water partition coefficient (Wildman–Crippen LogP) is 5.27. The van der Waals surface area contributed by atoms with Crippen LogP contribution in [0.5, 0.6) is 5.75 Å². The molecule has 0 heterocycles. The molecule has 3 rings (SSSR count). The maximum atomic E-state index is 14.1. The summed E-state index contributed by atoms with van der Waals surface area (Å²) in [5.41, 5.74) is 0.532. The highest BCUT2D eigenvalue weighted by atomic mass is 35.5. The monoisotopic (exact) mass is 585 g/mol. The van der Waals surface area contributed by atoms with E-state index in [1.165, 1.54) is 29.2 Å². The standard InChI is InChI=1S/C30H36ClN3O5S/c1-6-27(29(36)32-30(2,3)4)33(20-22-11-10-14-25(19-22)39-5)28(35)21-34(24-12-8-7-9-13-24)40(37,38)26-17-15-23(31)16-18-26/h7-19,27H,6,20-21H2,1-5H3,(H,32,36)/t27-/m0/s1. The van der Waals surface area contributed by atoms with Crippen molar-refractivity contribution in [2.75, 3.05) is 18.0 Å². The number of carbonyl (C=O) groups is 2. The van der Waals surface area contributed by atoms with E-state index in [-0.39, 0.29) is 17.3 Å². The van der Waals surface area contributed by atoms with Gasteiger partial charge in [-0.2, -0.15) is 0 Å². The SMILES string of the molecule is CC[C@@H](C(=O)NC(C)(C)C)N(Cc1cccc(OC)c1)C(=O)CN(c1ccccc1)S(=O)(=O)c1ccc(Cl)cc1. The average molecular weight is 586 g/mol. The summed E-state index contributed by atoms with van der Waals surface area (Å²) in [5.74, 6) is -0.244. The van der Waals surface area contributed by atoms with Gasteiger partial charge in [-0.3, -0.25) is 13.9 Å². The lowest BCUT2D eigenvalue weighted by Gasteiger charge is -2.34. The maximum Gasteiger partial charge on any atom is 0.264 e. The Kier molecular flexibility index (Phi) is 10.2. The van der Waals surface area contributed by atoms with Crippen LogP contribution in [0.2, 0.25) is 5.02 Å². The summed E-state index contributed by atoms with van der Waals surface area (Å²) in [7, 11) is -2.61. The van der Waals surface area contributed by atoms with Gasteiger partial charge in [0.15, 0.2) is 0 Å². The molecule has 3 aromatic rings. The van der Waals surface area contributed by atoms with Gasteiger partial charge in [0.05, 0.1) is 17.7 Å². The van der Waals surface area contributed by atoms with Crippen LogP contribution in [0, 0.1) is 0 Å². The molecule has 2 amide bonds. The van der Waals surface area contributed by atoms with Gasteiger partial charge in [0.1, 0.15) is 18.3 Å². The number of amides is 2. The highest BCUT2D eigenvalue weighted by molar-refractivity contribution is 7.92. The molecule has 0 aliphatic heterocycles. The number of hydrogen-bond acceptors (Lipinski definition) is 5. The molecular formula is C30H36ClN3O5S. The Morgan fingerprint density at radius 3 is 2.20 bits per heavy atom. The summed E-state index contributed by atoms with van der Waals surface area (Å²) in [5, 5.41) is 3.35. The second-order valence-electron chi connectivity index (χ2n) is 10.3. The second kappa shape index (κ2) is 13.2. The van der Waals surface area contributed by atoms with E-state index in [9.17, 15) is 18.0 Å². The van der Waals surface area contributed by atoms with Gasteiger partial charge in [-0.25, -0.2) is 8.42 Å². The van der Waals surface area contributed by atoms with Crippen LogP contribution >= 0.6 is 11.6 Å². The number of ether oxygens (including phenoxy) is 1. The Bertz CT molecular complexity index is 1410. The molecule has 0 aromatic heterocycles. The highest BCUT2D eigenvalue weighted by Gasteiger charge is 2.34. The van der Waals surface area contributed by atoms with Crippen LogP contribution < -0.4 is 14.4 Å². The Morgan fingerprint density at radius 1 is 0.975 bits per heavy atom. The molecule has 0 saturated heterocycles. The number of nitrogens with one attached hydrogen (secondary N) is 1. The number of benzene rings is 3. The Morgan fingerprint density at radius 2 is 1.62 bits per heavy atom. The van der Waals surface area contributed by atoms with E-state index >= 15 is 0 Å². The van der Waals surface area contributed by atoms with Gasteiger partial charge in [0, 0.05) is 17.1 Å². The summed E-state index contributed by atoms with van der Waals surface area (Å²) in [6.45, 7) is 6.97. The van der Waals surface area contributed by atoms with E-state index < -0.39 is 34.1 Å². The first kappa shape index (κ1) is 31.0. The number of anilines is 1. The molecule has 1 atom stereocenters. The van der Waals surface area contributed by atoms with Gasteiger partial charge in [-0.1, -0.05) is 48.9 Å². The van der Waals surface area contributed by atoms with Gasteiger partial charge in [0.2, 0.25) is 11.8 Å². The van der Waals surface area contributed by atoms with Gasteiger partial charge in [0.25, 0.3) is 10.0 Å². The third-order valence-electron chi connectivity index (χ3n) is 6.10. The van der Waals surface area contributed by atoms with Crippen LogP contribution in [0.1, 0.15) is 39.7 Å². The molecule has 3 aromatic carbocycles. The van der Waals surface area contributed by atoms with Crippen LogP contribution in [0.25, 0.3) is 0 Å². The lowest BCUT2D eigenvalue weighted by atomic mass is 10.1. The number of para-hydroxylation sites is 1. The molecule has 214 valence electrons. The molecule has 0 radical (unpaired) electrons. The minimum atomic E-state index is -4.16. The largest absolute Gasteiger partial charge is 0.497 e. The number of sulfonamides is 1. The van der Waals surface area contributed by atoms with Gasteiger partial charge < -0.3 is 15.0 Å². The minimum absolute atomic E-state index is 0.00887. The van der Waals surface area contributed by atoms with Crippen molar-refractivity contribution in [2.45, 2.75) is 57.1 Å². The first-order valence-corrected chi connectivity index (χ1v) is 14.8. The molecule has 0 unspecified atom stereocenters. The smallest absolute Gasteiger partial charge is 0.264 e. The summed E-state index contributed by atoms with van der Waals surface area (Å²) >= 11 is 5.99. The fourth-order valence-corrected chi connectivity index (χ4v) is 5.74. The lowest BCUT2D eigenvalue weighted by Crippen LogP contribution is -2.55. The number of methoxy groups -OCH3 is 1. The highest BCUT2D eigenvalue weighted by Crippen LogP contribution is 2.26. The van der Waals surface area contributed by atoms with E-state index in [2.05, 4.69) is 5.32 Å². The van der Waals surface area contributed by atoms with Crippen molar-refractivity contribution in [3.05, 3.63) is 89.4 Å². The zero-order valence-electron chi connectivity index (χ0n) is 23.4. The Labute approximate surface area is 241 Å². The molecule has 1 N–H and O–H groups in total. The molecule has 8 nitrogen and oxygen atoms in total. The number of rotatable bonds is 11. The summed E-state index contributed by atoms with van der Waals surface area (Å²) in [6.07, 6.45) is 0.326. The maximum absolute atomic E-state index is 14.1. The summed E-state index contributed by atoms with van der Waals surface area (Å²) < 4.78 is 34.0. The third kappa shape index (κ3) is 7.99. The van der Waals surface area contributed by atoms with Crippen molar-refractivity contribution in [3.8, 4) is 5.75 Å². The number of carbonyl (C=O) groups excluding carboxylic acids is 2. The van der Waals surface area contributed by atoms with E-state index in [0.29, 0.717) is 22.9 Å². The number of halogens is 1. The zero-order valence-corrected chi connectivity index (χ0v) is 25.0. The fraction of sp³-hybridized carbons (Fsp3) is 0.333. The molecule has 0 saturated carbocycles. The lowest BCUT2D eigenvalue weighted by molar-refractivity contribution is -0.141. The van der Waals surface area contributed by atoms with Gasteiger partial charge in [-0.15, -0.1) is 0 Å². The minimum Gasteiger partial charge on any atom is -0.497 e. The van der Waals surface area contributed by atoms with Crippen molar-refractivity contribution in [1.29, 1.82) is 0 Å². The predicted molar refractivity (Wildman–Crippen MR) is 158 cm³/mol. The van der Waals surface area contributed by atoms with Crippen LogP contribution in [-0.4, -0.2) is 50.4 Å². The van der Waals surface area contributed by atoms with Crippen LogP contribution in [0.3, 0.4) is 0 Å². The van der Waals surface area contributed by atoms with Crippen molar-refractivity contribution < 1.29 is 22.7 Å². The molecule has 0 aliphatic rings. The van der Waals surface area contributed by atoms with Crippen LogP contribution in [0.4, 0.5) is 5.69 Å². The van der Waals surface area contributed by atoms with E-state index in [0.717, 1.165) is 9.87 Å². The van der Waals surface area contributed by atoms with Crippen molar-refractivity contribution in [1.82, 2.24) is 10.2 Å². The molecule has 40 heavy (non-hydrogen) atoms. The zero-order chi connectivity index (χ0) is 29.5. The van der Waals surface area contributed by atoms with Gasteiger partial charge >= 0.3 is 0 Å². The second-order valence-corrected chi connectivity index (χ2v) is 12.6. The third-order valence-corrected chi connectivity index (χ3v) is 8.14. The van der Waals surface area contributed by atoms with Crippen molar-refractivity contribution in [3.63, 3.8) is 0 Å². The summed E-state index contributed by atoms with van der Waals surface area (Å²) in [4.78, 5) is 28.9. The first-order valence-electron chi connectivity index (χ1n) is 12.9. The molecular weight excluding hydrogens is 550 g/mol. The number of hydrogen-bond donors (Lipinski definition) is 1. The molecule has 0 spiro atoms. The number of nitrogens with zero attached hydrogens (tertiary/aromatic N) is 2.